The second-order valence-corrected chi connectivity index (χ2v) is 4.93. The van der Waals surface area contributed by atoms with Crippen molar-refractivity contribution in [3.8, 4) is 0 Å². The number of carboxylic acids is 1. The van der Waals surface area contributed by atoms with Crippen LogP contribution in [0, 0.1) is 6.92 Å². The molecule has 0 saturated carbocycles. The molecule has 0 aromatic carbocycles. The monoisotopic (exact) mass is 257 g/mol. The van der Waals surface area contributed by atoms with Crippen molar-refractivity contribution in [2.45, 2.75) is 19.4 Å². The highest BCUT2D eigenvalue weighted by Gasteiger charge is 2.17. The molecule has 1 aromatic rings. The number of methoxy groups -OCH3 is 1. The number of ether oxygens (including phenoxy) is 1. The van der Waals surface area contributed by atoms with E-state index >= 15 is 0 Å². The van der Waals surface area contributed by atoms with E-state index in [0.717, 1.165) is 9.75 Å². The average Bonchev–Trinajstić information content (AvgIpc) is 2.64. The van der Waals surface area contributed by atoms with Gasteiger partial charge in [-0.2, -0.15) is 0 Å². The molecule has 0 radical (unpaired) electrons. The Morgan fingerprint density at radius 1 is 1.53 bits per heavy atom. The van der Waals surface area contributed by atoms with Crippen molar-refractivity contribution in [2.75, 3.05) is 13.7 Å². The van der Waals surface area contributed by atoms with Gasteiger partial charge in [0.1, 0.15) is 0 Å². The first kappa shape index (κ1) is 13.7. The van der Waals surface area contributed by atoms with Crippen LogP contribution in [0.5, 0.6) is 0 Å². The van der Waals surface area contributed by atoms with Crippen molar-refractivity contribution in [1.29, 1.82) is 0 Å². The summed E-state index contributed by atoms with van der Waals surface area (Å²) in [7, 11) is 1.30. The van der Waals surface area contributed by atoms with Crippen LogP contribution in [0.3, 0.4) is 0 Å². The van der Waals surface area contributed by atoms with Crippen LogP contribution < -0.4 is 5.32 Å². The predicted molar refractivity (Wildman–Crippen MR) is 64.2 cm³/mol. The third-order valence-corrected chi connectivity index (χ3v) is 3.18. The van der Waals surface area contributed by atoms with Gasteiger partial charge in [-0.3, -0.25) is 4.79 Å². The summed E-state index contributed by atoms with van der Waals surface area (Å²) in [4.78, 5) is 24.3. The summed E-state index contributed by atoms with van der Waals surface area (Å²) in [6, 6.07) is 3.84. The number of rotatable bonds is 6. The van der Waals surface area contributed by atoms with E-state index in [4.69, 9.17) is 9.84 Å². The van der Waals surface area contributed by atoms with Crippen molar-refractivity contribution in [1.82, 2.24) is 5.32 Å². The second-order valence-electron chi connectivity index (χ2n) is 3.56. The molecule has 0 fully saturated rings. The molecule has 2 N–H and O–H groups in total. The molecule has 1 atom stereocenters. The molecule has 1 unspecified atom stereocenters. The number of carboxylic acid groups (broad SMARTS) is 1. The third-order valence-electron chi connectivity index (χ3n) is 2.18. The fourth-order valence-corrected chi connectivity index (χ4v) is 2.17. The van der Waals surface area contributed by atoms with Gasteiger partial charge in [0.05, 0.1) is 13.0 Å². The van der Waals surface area contributed by atoms with Gasteiger partial charge in [0.2, 0.25) is 5.91 Å². The third kappa shape index (κ3) is 4.54. The number of nitrogens with one attached hydrogen (secondary N) is 1. The first-order chi connectivity index (χ1) is 8.02. The summed E-state index contributed by atoms with van der Waals surface area (Å²) < 4.78 is 4.70. The molecule has 1 heterocycles. The van der Waals surface area contributed by atoms with E-state index in [-0.39, 0.29) is 18.9 Å². The van der Waals surface area contributed by atoms with Crippen LogP contribution in [0.2, 0.25) is 0 Å². The van der Waals surface area contributed by atoms with Crippen molar-refractivity contribution in [3.63, 3.8) is 0 Å². The highest BCUT2D eigenvalue weighted by molar-refractivity contribution is 7.12. The molecule has 1 rings (SSSR count). The lowest BCUT2D eigenvalue weighted by atomic mass is 10.3. The van der Waals surface area contributed by atoms with E-state index in [1.54, 1.807) is 11.3 Å². The van der Waals surface area contributed by atoms with Gasteiger partial charge in [-0.1, -0.05) is 0 Å². The smallest absolute Gasteiger partial charge is 0.334 e. The summed E-state index contributed by atoms with van der Waals surface area (Å²) in [6.07, 6.45) is -0.724. The Hall–Kier alpha value is -1.40. The van der Waals surface area contributed by atoms with Crippen LogP contribution >= 0.6 is 11.3 Å². The van der Waals surface area contributed by atoms with E-state index in [9.17, 15) is 9.59 Å². The summed E-state index contributed by atoms with van der Waals surface area (Å²) in [5.74, 6) is -1.28. The maximum absolute atomic E-state index is 11.5. The molecule has 1 amide bonds. The van der Waals surface area contributed by atoms with Gasteiger partial charge in [-0.15, -0.1) is 11.3 Å². The molecule has 0 bridgehead atoms. The number of hydrogen-bond donors (Lipinski definition) is 2. The SMILES string of the molecule is COC(CNC(=O)Cc1ccc(C)s1)C(=O)O. The number of amides is 1. The summed E-state index contributed by atoms with van der Waals surface area (Å²) in [6.45, 7) is 1.95. The zero-order valence-electron chi connectivity index (χ0n) is 9.73. The van der Waals surface area contributed by atoms with Crippen LogP contribution in [-0.2, 0) is 20.7 Å². The minimum absolute atomic E-state index is 0.0188. The van der Waals surface area contributed by atoms with Gasteiger partial charge in [0.25, 0.3) is 0 Å². The van der Waals surface area contributed by atoms with Crippen LogP contribution in [0.25, 0.3) is 0 Å². The van der Waals surface area contributed by atoms with Gasteiger partial charge in [-0.25, -0.2) is 4.79 Å². The van der Waals surface area contributed by atoms with Crippen LogP contribution in [0.1, 0.15) is 9.75 Å². The lowest BCUT2D eigenvalue weighted by Gasteiger charge is -2.11. The van der Waals surface area contributed by atoms with E-state index in [2.05, 4.69) is 5.32 Å². The number of carbonyl (C=O) groups is 2. The Morgan fingerprint density at radius 3 is 2.71 bits per heavy atom. The molecular weight excluding hydrogens is 242 g/mol. The highest BCUT2D eigenvalue weighted by Crippen LogP contribution is 2.15. The fourth-order valence-electron chi connectivity index (χ4n) is 1.28. The molecule has 0 aliphatic heterocycles. The van der Waals surface area contributed by atoms with Crippen molar-refractivity contribution in [3.05, 3.63) is 21.9 Å². The molecular formula is C11H15NO4S. The van der Waals surface area contributed by atoms with E-state index in [1.165, 1.54) is 7.11 Å². The lowest BCUT2D eigenvalue weighted by molar-refractivity contribution is -0.148. The zero-order valence-corrected chi connectivity index (χ0v) is 10.5. The van der Waals surface area contributed by atoms with Gasteiger partial charge in [0, 0.05) is 16.9 Å². The first-order valence-electron chi connectivity index (χ1n) is 5.10. The van der Waals surface area contributed by atoms with Crippen molar-refractivity contribution < 1.29 is 19.4 Å². The molecule has 0 aliphatic rings. The Bertz CT molecular complexity index is 402. The summed E-state index contributed by atoms with van der Waals surface area (Å²) in [5, 5.41) is 11.2. The molecule has 0 spiro atoms. The minimum Gasteiger partial charge on any atom is -0.479 e. The minimum atomic E-state index is -1.08. The number of thiophene rings is 1. The quantitative estimate of drug-likeness (QED) is 0.791. The molecule has 94 valence electrons. The van der Waals surface area contributed by atoms with Crippen molar-refractivity contribution in [2.24, 2.45) is 0 Å². The number of aliphatic carboxylic acids is 1. The maximum atomic E-state index is 11.5. The van der Waals surface area contributed by atoms with Gasteiger partial charge < -0.3 is 15.2 Å². The van der Waals surface area contributed by atoms with Gasteiger partial charge in [-0.05, 0) is 19.1 Å². The topological polar surface area (TPSA) is 75.6 Å². The Kier molecular flexibility index (Phi) is 5.11. The molecule has 0 aliphatic carbocycles. The maximum Gasteiger partial charge on any atom is 0.334 e. The number of hydrogen-bond acceptors (Lipinski definition) is 4. The molecule has 0 saturated heterocycles. The van der Waals surface area contributed by atoms with Crippen molar-refractivity contribution >= 4 is 23.2 Å². The van der Waals surface area contributed by atoms with Crippen LogP contribution in [0.15, 0.2) is 12.1 Å². The standard InChI is InChI=1S/C11H15NO4S/c1-7-3-4-8(17-7)5-10(13)12-6-9(16-2)11(14)15/h3-4,9H,5-6H2,1-2H3,(H,12,13)(H,14,15). The van der Waals surface area contributed by atoms with E-state index in [1.807, 2.05) is 19.1 Å². The highest BCUT2D eigenvalue weighted by atomic mass is 32.1. The van der Waals surface area contributed by atoms with Crippen LogP contribution in [-0.4, -0.2) is 36.7 Å². The van der Waals surface area contributed by atoms with Gasteiger partial charge in [0.15, 0.2) is 6.10 Å². The first-order valence-corrected chi connectivity index (χ1v) is 5.92. The Balaban J connectivity index is 2.37. The molecule has 17 heavy (non-hydrogen) atoms. The zero-order chi connectivity index (χ0) is 12.8. The fraction of sp³-hybridized carbons (Fsp3) is 0.455. The average molecular weight is 257 g/mol. The Labute approximate surface area is 103 Å². The molecule has 1 aromatic heterocycles. The Morgan fingerprint density at radius 2 is 2.24 bits per heavy atom. The van der Waals surface area contributed by atoms with E-state index in [0.29, 0.717) is 0 Å². The lowest BCUT2D eigenvalue weighted by Crippen LogP contribution is -2.38. The number of carbonyl (C=O) groups excluding carboxylic acids is 1. The van der Waals surface area contributed by atoms with Crippen LogP contribution in [0.4, 0.5) is 0 Å². The normalized spacial score (nSPS) is 12.1. The molecule has 6 heteroatoms. The second kappa shape index (κ2) is 6.36. The predicted octanol–water partition coefficient (Wildman–Crippen LogP) is 0.815. The summed E-state index contributed by atoms with van der Waals surface area (Å²) >= 11 is 1.55. The molecule has 5 nitrogen and oxygen atoms in total. The van der Waals surface area contributed by atoms with Gasteiger partial charge >= 0.3 is 5.97 Å². The largest absolute Gasteiger partial charge is 0.479 e. The summed E-state index contributed by atoms with van der Waals surface area (Å²) in [5.41, 5.74) is 0. The van der Waals surface area contributed by atoms with E-state index < -0.39 is 12.1 Å². The number of aryl methyl sites for hydroxylation is 1.